The Bertz CT molecular complexity index is 659. The molecule has 0 aliphatic carbocycles. The number of aromatic hydroxyl groups is 1. The molecule has 24 heavy (non-hydrogen) atoms. The van der Waals surface area contributed by atoms with Gasteiger partial charge in [0.05, 0.1) is 0 Å². The summed E-state index contributed by atoms with van der Waals surface area (Å²) in [4.78, 5) is 11.7. The SMILES string of the molecule is CC(C)(C)OC(=O)Nc1ccc(CNCc2ccc(O)cc2)cc1. The molecule has 0 fully saturated rings. The minimum atomic E-state index is -0.512. The van der Waals surface area contributed by atoms with Gasteiger partial charge in [0.2, 0.25) is 0 Å². The molecule has 3 N–H and O–H groups in total. The number of hydrogen-bond acceptors (Lipinski definition) is 4. The van der Waals surface area contributed by atoms with E-state index >= 15 is 0 Å². The molecule has 0 aromatic heterocycles. The first-order valence-corrected chi connectivity index (χ1v) is 7.89. The van der Waals surface area contributed by atoms with Crippen LogP contribution in [0.3, 0.4) is 0 Å². The van der Waals surface area contributed by atoms with Crippen molar-refractivity contribution in [3.8, 4) is 5.75 Å². The van der Waals surface area contributed by atoms with E-state index in [2.05, 4.69) is 10.6 Å². The predicted molar refractivity (Wildman–Crippen MR) is 94.9 cm³/mol. The lowest BCUT2D eigenvalue weighted by atomic mass is 10.2. The molecule has 2 aromatic rings. The second-order valence-corrected chi connectivity index (χ2v) is 6.59. The lowest BCUT2D eigenvalue weighted by Crippen LogP contribution is -2.27. The van der Waals surface area contributed by atoms with Gasteiger partial charge in [0.15, 0.2) is 0 Å². The summed E-state index contributed by atoms with van der Waals surface area (Å²) in [6.07, 6.45) is -0.458. The summed E-state index contributed by atoms with van der Waals surface area (Å²) in [6, 6.07) is 14.7. The van der Waals surface area contributed by atoms with Crippen molar-refractivity contribution in [2.24, 2.45) is 0 Å². The van der Waals surface area contributed by atoms with Crippen LogP contribution in [0.4, 0.5) is 10.5 Å². The zero-order valence-electron chi connectivity index (χ0n) is 14.3. The molecule has 0 saturated carbocycles. The van der Waals surface area contributed by atoms with Crippen LogP contribution in [-0.2, 0) is 17.8 Å². The number of phenols is 1. The summed E-state index contributed by atoms with van der Waals surface area (Å²) in [6.45, 7) is 6.92. The maximum atomic E-state index is 11.7. The zero-order chi connectivity index (χ0) is 17.6. The van der Waals surface area contributed by atoms with Gasteiger partial charge in [-0.3, -0.25) is 5.32 Å². The van der Waals surface area contributed by atoms with Crippen LogP contribution in [0.1, 0.15) is 31.9 Å². The van der Waals surface area contributed by atoms with E-state index in [0.29, 0.717) is 12.2 Å². The number of carbonyl (C=O) groups is 1. The van der Waals surface area contributed by atoms with Gasteiger partial charge in [-0.2, -0.15) is 0 Å². The van der Waals surface area contributed by atoms with Gasteiger partial charge < -0.3 is 15.2 Å². The first-order chi connectivity index (χ1) is 11.3. The number of benzene rings is 2. The third kappa shape index (κ3) is 6.30. The lowest BCUT2D eigenvalue weighted by molar-refractivity contribution is 0.0636. The summed E-state index contributed by atoms with van der Waals surface area (Å²) in [5.41, 5.74) is 2.41. The Kier molecular flexibility index (Phi) is 5.82. The number of hydrogen-bond donors (Lipinski definition) is 3. The van der Waals surface area contributed by atoms with E-state index < -0.39 is 11.7 Å². The summed E-state index contributed by atoms with van der Waals surface area (Å²) in [5, 5.41) is 15.3. The van der Waals surface area contributed by atoms with Gasteiger partial charge in [-0.15, -0.1) is 0 Å². The van der Waals surface area contributed by atoms with Crippen molar-refractivity contribution in [2.75, 3.05) is 5.32 Å². The van der Waals surface area contributed by atoms with Crippen LogP contribution >= 0.6 is 0 Å². The van der Waals surface area contributed by atoms with Gasteiger partial charge in [0.25, 0.3) is 0 Å². The topological polar surface area (TPSA) is 70.6 Å². The van der Waals surface area contributed by atoms with Crippen molar-refractivity contribution in [1.82, 2.24) is 5.32 Å². The number of phenolic OH excluding ortho intramolecular Hbond substituents is 1. The highest BCUT2D eigenvalue weighted by atomic mass is 16.6. The van der Waals surface area contributed by atoms with E-state index in [1.54, 1.807) is 12.1 Å². The van der Waals surface area contributed by atoms with E-state index in [1.807, 2.05) is 57.2 Å². The normalized spacial score (nSPS) is 11.1. The molecule has 5 nitrogen and oxygen atoms in total. The van der Waals surface area contributed by atoms with Gasteiger partial charge >= 0.3 is 6.09 Å². The molecule has 0 aliphatic heterocycles. The summed E-state index contributed by atoms with van der Waals surface area (Å²) in [7, 11) is 0. The van der Waals surface area contributed by atoms with Crippen molar-refractivity contribution in [1.29, 1.82) is 0 Å². The molecule has 0 radical (unpaired) electrons. The van der Waals surface area contributed by atoms with E-state index in [0.717, 1.165) is 17.7 Å². The fourth-order valence-corrected chi connectivity index (χ4v) is 2.09. The Morgan fingerprint density at radius 1 is 0.958 bits per heavy atom. The minimum absolute atomic E-state index is 0.270. The molecule has 0 atom stereocenters. The molecule has 128 valence electrons. The average Bonchev–Trinajstić information content (AvgIpc) is 2.49. The van der Waals surface area contributed by atoms with Gasteiger partial charge in [-0.25, -0.2) is 4.79 Å². The second kappa shape index (κ2) is 7.84. The monoisotopic (exact) mass is 328 g/mol. The van der Waals surface area contributed by atoms with Gasteiger partial charge in [-0.05, 0) is 56.2 Å². The number of anilines is 1. The van der Waals surface area contributed by atoms with Gasteiger partial charge in [-0.1, -0.05) is 24.3 Å². The fraction of sp³-hybridized carbons (Fsp3) is 0.316. The van der Waals surface area contributed by atoms with Crippen LogP contribution < -0.4 is 10.6 Å². The molecular formula is C19H24N2O3. The van der Waals surface area contributed by atoms with Crippen molar-refractivity contribution in [3.63, 3.8) is 0 Å². The first kappa shape index (κ1) is 17.8. The Morgan fingerprint density at radius 2 is 1.46 bits per heavy atom. The van der Waals surface area contributed by atoms with E-state index in [9.17, 15) is 9.90 Å². The zero-order valence-corrected chi connectivity index (χ0v) is 14.3. The molecule has 5 heteroatoms. The molecule has 0 unspecified atom stereocenters. The summed E-state index contributed by atoms with van der Waals surface area (Å²) >= 11 is 0. The largest absolute Gasteiger partial charge is 0.508 e. The van der Waals surface area contributed by atoms with Crippen LogP contribution in [-0.4, -0.2) is 16.8 Å². The van der Waals surface area contributed by atoms with Crippen LogP contribution in [0.25, 0.3) is 0 Å². The minimum Gasteiger partial charge on any atom is -0.508 e. The van der Waals surface area contributed by atoms with Crippen molar-refractivity contribution >= 4 is 11.8 Å². The molecule has 2 aromatic carbocycles. The highest BCUT2D eigenvalue weighted by molar-refractivity contribution is 5.84. The lowest BCUT2D eigenvalue weighted by Gasteiger charge is -2.19. The van der Waals surface area contributed by atoms with Crippen LogP contribution in [0.2, 0.25) is 0 Å². The highest BCUT2D eigenvalue weighted by Gasteiger charge is 2.15. The molecular weight excluding hydrogens is 304 g/mol. The average molecular weight is 328 g/mol. The van der Waals surface area contributed by atoms with Crippen molar-refractivity contribution in [2.45, 2.75) is 39.5 Å². The van der Waals surface area contributed by atoms with Crippen molar-refractivity contribution in [3.05, 3.63) is 59.7 Å². The number of rotatable bonds is 5. The molecule has 0 spiro atoms. The Balaban J connectivity index is 1.79. The molecule has 1 amide bonds. The van der Waals surface area contributed by atoms with Crippen LogP contribution in [0, 0.1) is 0 Å². The molecule has 0 heterocycles. The van der Waals surface area contributed by atoms with Crippen LogP contribution in [0.15, 0.2) is 48.5 Å². The highest BCUT2D eigenvalue weighted by Crippen LogP contribution is 2.13. The maximum Gasteiger partial charge on any atom is 0.412 e. The maximum absolute atomic E-state index is 11.7. The number of amides is 1. The van der Waals surface area contributed by atoms with Gasteiger partial charge in [0.1, 0.15) is 11.4 Å². The smallest absolute Gasteiger partial charge is 0.412 e. The number of ether oxygens (including phenoxy) is 1. The quantitative estimate of drug-likeness (QED) is 0.775. The van der Waals surface area contributed by atoms with E-state index in [1.165, 1.54) is 0 Å². The predicted octanol–water partition coefficient (Wildman–Crippen LogP) is 4.03. The Hall–Kier alpha value is -2.53. The van der Waals surface area contributed by atoms with Crippen molar-refractivity contribution < 1.29 is 14.6 Å². The summed E-state index contributed by atoms with van der Waals surface area (Å²) in [5.74, 6) is 0.270. The van der Waals surface area contributed by atoms with Gasteiger partial charge in [0, 0.05) is 18.8 Å². The third-order valence-electron chi connectivity index (χ3n) is 3.19. The van der Waals surface area contributed by atoms with Crippen LogP contribution in [0.5, 0.6) is 5.75 Å². The Labute approximate surface area is 142 Å². The fourth-order valence-electron chi connectivity index (χ4n) is 2.09. The second-order valence-electron chi connectivity index (χ2n) is 6.59. The van der Waals surface area contributed by atoms with E-state index in [-0.39, 0.29) is 5.75 Å². The molecule has 0 aliphatic rings. The number of nitrogens with one attached hydrogen (secondary N) is 2. The van der Waals surface area contributed by atoms with E-state index in [4.69, 9.17) is 4.74 Å². The Morgan fingerprint density at radius 3 is 1.96 bits per heavy atom. The number of carbonyl (C=O) groups excluding carboxylic acids is 1. The molecule has 0 bridgehead atoms. The first-order valence-electron chi connectivity index (χ1n) is 7.89. The molecule has 2 rings (SSSR count). The molecule has 0 saturated heterocycles. The third-order valence-corrected chi connectivity index (χ3v) is 3.19. The summed E-state index contributed by atoms with van der Waals surface area (Å²) < 4.78 is 5.21. The standard InChI is InChI=1S/C19H24N2O3/c1-19(2,3)24-18(23)21-16-8-4-14(5-9-16)12-20-13-15-6-10-17(22)11-7-15/h4-11,20,22H,12-13H2,1-3H3,(H,21,23).